The summed E-state index contributed by atoms with van der Waals surface area (Å²) in [5, 5.41) is 5.37. The molecule has 31 heavy (non-hydrogen) atoms. The summed E-state index contributed by atoms with van der Waals surface area (Å²) in [6, 6.07) is 13.1. The van der Waals surface area contributed by atoms with Crippen molar-refractivity contribution in [2.24, 2.45) is 5.73 Å². The van der Waals surface area contributed by atoms with Gasteiger partial charge in [-0.15, -0.1) is 0 Å². The Hall–Kier alpha value is -3.19. The molecule has 5 rings (SSSR count). The highest BCUT2D eigenvalue weighted by Gasteiger charge is 2.30. The van der Waals surface area contributed by atoms with Crippen LogP contribution >= 0.6 is 11.6 Å². The number of nitrogens with zero attached hydrogens (tertiary/aromatic N) is 2. The first-order valence-electron chi connectivity index (χ1n) is 10.4. The fourth-order valence-corrected chi connectivity index (χ4v) is 4.66. The van der Waals surface area contributed by atoms with Crippen molar-refractivity contribution in [3.05, 3.63) is 53.7 Å². The van der Waals surface area contributed by atoms with E-state index in [0.717, 1.165) is 48.0 Å². The number of carbonyl (C=O) groups is 1. The topological polar surface area (TPSA) is 89.7 Å². The second-order valence-electron chi connectivity index (χ2n) is 7.92. The number of benzene rings is 2. The Kier molecular flexibility index (Phi) is 5.19. The molecule has 3 aromatic rings. The van der Waals surface area contributed by atoms with E-state index in [9.17, 15) is 4.79 Å². The summed E-state index contributed by atoms with van der Waals surface area (Å²) in [4.78, 5) is 18.4. The molecule has 1 fully saturated rings. The van der Waals surface area contributed by atoms with Crippen LogP contribution in [0.3, 0.4) is 0 Å². The Morgan fingerprint density at radius 2 is 1.87 bits per heavy atom. The molecule has 2 heterocycles. The quantitative estimate of drug-likeness (QED) is 0.603. The summed E-state index contributed by atoms with van der Waals surface area (Å²) in [7, 11) is 0. The zero-order valence-corrected chi connectivity index (χ0v) is 17.6. The standard InChI is InChI=1S/C23H23ClN4O3/c24-14-1-7-18-19(9-10-26-20(18)11-14)27-15-2-4-16(5-3-15)28(23(25)29)17-6-8-21-22(12-17)31-13-30-21/h1,6-12,15-16H,2-5,13H2,(H2,25,29)(H,26,27). The van der Waals surface area contributed by atoms with E-state index in [1.54, 1.807) is 11.1 Å². The van der Waals surface area contributed by atoms with Gasteiger partial charge >= 0.3 is 6.03 Å². The Bertz CT molecular complexity index is 1130. The number of rotatable bonds is 4. The number of nitrogens with one attached hydrogen (secondary N) is 1. The summed E-state index contributed by atoms with van der Waals surface area (Å²) in [5.41, 5.74) is 8.42. The lowest BCUT2D eigenvalue weighted by Crippen LogP contribution is -2.46. The SMILES string of the molecule is NC(=O)N(c1ccc2c(c1)OCO2)C1CCC(Nc2ccnc3cc(Cl)ccc23)CC1. The summed E-state index contributed by atoms with van der Waals surface area (Å²) in [6.07, 6.45) is 5.35. The molecule has 2 aliphatic rings. The molecule has 2 aromatic carbocycles. The van der Waals surface area contributed by atoms with Gasteiger partial charge in [0.15, 0.2) is 11.5 Å². The lowest BCUT2D eigenvalue weighted by Gasteiger charge is -2.36. The number of urea groups is 1. The predicted octanol–water partition coefficient (Wildman–Crippen LogP) is 4.93. The molecule has 7 nitrogen and oxygen atoms in total. The highest BCUT2D eigenvalue weighted by molar-refractivity contribution is 6.31. The zero-order valence-electron chi connectivity index (χ0n) is 16.9. The van der Waals surface area contributed by atoms with Crippen LogP contribution in [-0.2, 0) is 0 Å². The summed E-state index contributed by atoms with van der Waals surface area (Å²) < 4.78 is 10.8. The zero-order chi connectivity index (χ0) is 21.4. The molecule has 0 radical (unpaired) electrons. The lowest BCUT2D eigenvalue weighted by atomic mass is 9.89. The molecule has 1 aromatic heterocycles. The van der Waals surface area contributed by atoms with E-state index in [2.05, 4.69) is 10.3 Å². The second kappa shape index (κ2) is 8.15. The van der Waals surface area contributed by atoms with Crippen molar-refractivity contribution in [1.82, 2.24) is 4.98 Å². The van der Waals surface area contributed by atoms with Crippen LogP contribution in [0.2, 0.25) is 5.02 Å². The number of ether oxygens (including phenoxy) is 2. The third-order valence-corrected chi connectivity index (χ3v) is 6.23. The smallest absolute Gasteiger partial charge is 0.319 e. The minimum absolute atomic E-state index is 0.0453. The highest BCUT2D eigenvalue weighted by Crippen LogP contribution is 2.38. The molecule has 1 aliphatic carbocycles. The fourth-order valence-electron chi connectivity index (χ4n) is 4.50. The Labute approximate surface area is 185 Å². The van der Waals surface area contributed by atoms with Crippen LogP contribution < -0.4 is 25.4 Å². The molecule has 1 aliphatic heterocycles. The second-order valence-corrected chi connectivity index (χ2v) is 8.35. The average molecular weight is 439 g/mol. The number of carbonyl (C=O) groups excluding carboxylic acids is 1. The number of fused-ring (bicyclic) bond motifs is 2. The van der Waals surface area contributed by atoms with E-state index in [-0.39, 0.29) is 12.8 Å². The number of amides is 2. The molecule has 160 valence electrons. The Balaban J connectivity index is 1.29. The van der Waals surface area contributed by atoms with Gasteiger partial charge in [0.1, 0.15) is 0 Å². The first-order valence-corrected chi connectivity index (χ1v) is 10.8. The van der Waals surface area contributed by atoms with Crippen molar-refractivity contribution < 1.29 is 14.3 Å². The summed E-state index contributed by atoms with van der Waals surface area (Å²) >= 11 is 6.10. The number of aromatic nitrogens is 1. The van der Waals surface area contributed by atoms with Crippen LogP contribution in [0.1, 0.15) is 25.7 Å². The lowest BCUT2D eigenvalue weighted by molar-refractivity contribution is 0.174. The van der Waals surface area contributed by atoms with Crippen molar-refractivity contribution >= 4 is 39.9 Å². The van der Waals surface area contributed by atoms with Crippen molar-refractivity contribution in [3.8, 4) is 11.5 Å². The van der Waals surface area contributed by atoms with Gasteiger partial charge in [-0.1, -0.05) is 11.6 Å². The molecule has 0 bridgehead atoms. The fraction of sp³-hybridized carbons (Fsp3) is 0.304. The van der Waals surface area contributed by atoms with Crippen LogP contribution in [0.5, 0.6) is 11.5 Å². The largest absolute Gasteiger partial charge is 0.454 e. The maximum absolute atomic E-state index is 12.3. The Morgan fingerprint density at radius 3 is 2.68 bits per heavy atom. The van der Waals surface area contributed by atoms with Crippen molar-refractivity contribution in [1.29, 1.82) is 0 Å². The normalized spacial score (nSPS) is 19.9. The molecule has 0 saturated heterocycles. The first-order chi connectivity index (χ1) is 15.1. The van der Waals surface area contributed by atoms with E-state index >= 15 is 0 Å². The van der Waals surface area contributed by atoms with Crippen LogP contribution in [0.25, 0.3) is 10.9 Å². The van der Waals surface area contributed by atoms with Gasteiger partial charge in [-0.25, -0.2) is 4.79 Å². The van der Waals surface area contributed by atoms with Gasteiger partial charge in [0.05, 0.1) is 5.52 Å². The molecule has 0 atom stereocenters. The molecule has 2 amide bonds. The number of hydrogen-bond acceptors (Lipinski definition) is 5. The first kappa shape index (κ1) is 19.8. The number of pyridine rings is 1. The van der Waals surface area contributed by atoms with Gasteiger partial charge in [-0.2, -0.15) is 0 Å². The number of primary amides is 1. The van der Waals surface area contributed by atoms with E-state index in [1.165, 1.54) is 0 Å². The van der Waals surface area contributed by atoms with E-state index in [4.69, 9.17) is 26.8 Å². The Morgan fingerprint density at radius 1 is 1.06 bits per heavy atom. The van der Waals surface area contributed by atoms with Crippen molar-refractivity contribution in [2.45, 2.75) is 37.8 Å². The number of nitrogens with two attached hydrogens (primary N) is 1. The third-order valence-electron chi connectivity index (χ3n) is 6.00. The molecular weight excluding hydrogens is 416 g/mol. The van der Waals surface area contributed by atoms with Crippen LogP contribution in [0.4, 0.5) is 16.2 Å². The van der Waals surface area contributed by atoms with E-state index < -0.39 is 6.03 Å². The molecular formula is C23H23ClN4O3. The van der Waals surface area contributed by atoms with Gasteiger partial charge in [0.25, 0.3) is 0 Å². The number of anilines is 2. The predicted molar refractivity (Wildman–Crippen MR) is 121 cm³/mol. The van der Waals surface area contributed by atoms with Crippen LogP contribution in [0.15, 0.2) is 48.7 Å². The average Bonchev–Trinajstić information content (AvgIpc) is 3.23. The minimum atomic E-state index is -0.452. The highest BCUT2D eigenvalue weighted by atomic mass is 35.5. The van der Waals surface area contributed by atoms with Gasteiger partial charge in [0, 0.05) is 46.1 Å². The van der Waals surface area contributed by atoms with Gasteiger partial charge in [0.2, 0.25) is 6.79 Å². The van der Waals surface area contributed by atoms with Crippen LogP contribution in [0, 0.1) is 0 Å². The summed E-state index contributed by atoms with van der Waals surface area (Å²) in [6.45, 7) is 0.196. The van der Waals surface area contributed by atoms with Gasteiger partial charge in [-0.3, -0.25) is 9.88 Å². The maximum Gasteiger partial charge on any atom is 0.319 e. The summed E-state index contributed by atoms with van der Waals surface area (Å²) in [5.74, 6) is 1.33. The van der Waals surface area contributed by atoms with E-state index in [0.29, 0.717) is 22.6 Å². The maximum atomic E-state index is 12.3. The van der Waals surface area contributed by atoms with Gasteiger partial charge in [-0.05, 0) is 62.1 Å². The molecule has 8 heteroatoms. The van der Waals surface area contributed by atoms with Crippen molar-refractivity contribution in [2.75, 3.05) is 17.0 Å². The minimum Gasteiger partial charge on any atom is -0.454 e. The third kappa shape index (κ3) is 3.93. The molecule has 1 saturated carbocycles. The molecule has 3 N–H and O–H groups in total. The number of hydrogen-bond donors (Lipinski definition) is 2. The molecule has 0 spiro atoms. The number of halogens is 1. The van der Waals surface area contributed by atoms with Crippen LogP contribution in [-0.4, -0.2) is 29.9 Å². The van der Waals surface area contributed by atoms with Gasteiger partial charge < -0.3 is 20.5 Å². The van der Waals surface area contributed by atoms with Crippen molar-refractivity contribution in [3.63, 3.8) is 0 Å². The molecule has 0 unspecified atom stereocenters. The van der Waals surface area contributed by atoms with E-state index in [1.807, 2.05) is 42.5 Å². The monoisotopic (exact) mass is 438 g/mol.